The van der Waals surface area contributed by atoms with Gasteiger partial charge in [0.05, 0.1) is 16.2 Å². The number of ether oxygens (including phenoxy) is 1. The highest BCUT2D eigenvalue weighted by Crippen LogP contribution is 2.17. The fourth-order valence-electron chi connectivity index (χ4n) is 3.00. The van der Waals surface area contributed by atoms with E-state index in [9.17, 15) is 28.1 Å². The molecule has 2 rings (SSSR count). The van der Waals surface area contributed by atoms with Gasteiger partial charge in [-0.3, -0.25) is 24.9 Å². The second-order valence-corrected chi connectivity index (χ2v) is 9.14. The molecule has 2 aromatic carbocycles. The molecule has 12 nitrogen and oxygen atoms in total. The van der Waals surface area contributed by atoms with Crippen LogP contribution in [0.5, 0.6) is 5.75 Å². The summed E-state index contributed by atoms with van der Waals surface area (Å²) in [5, 5.41) is 22.3. The highest BCUT2D eigenvalue weighted by Gasteiger charge is 2.25. The van der Waals surface area contributed by atoms with Crippen molar-refractivity contribution in [3.05, 3.63) is 64.2 Å². The number of hydrogen-bond acceptors (Lipinski definition) is 8. The van der Waals surface area contributed by atoms with Crippen molar-refractivity contribution in [1.82, 2.24) is 15.5 Å². The van der Waals surface area contributed by atoms with Crippen LogP contribution in [0.4, 0.5) is 5.69 Å². The third-order valence-corrected chi connectivity index (χ3v) is 6.34. The average Bonchev–Trinajstić information content (AvgIpc) is 2.86. The minimum atomic E-state index is -4.10. The molecule has 0 saturated carbocycles. The molecule has 0 spiro atoms. The zero-order chi connectivity index (χ0) is 26.6. The summed E-state index contributed by atoms with van der Waals surface area (Å²) in [6.07, 6.45) is 0.202. The van der Waals surface area contributed by atoms with E-state index in [4.69, 9.17) is 9.94 Å². The van der Waals surface area contributed by atoms with E-state index in [2.05, 4.69) is 21.9 Å². The Morgan fingerprint density at radius 3 is 2.39 bits per heavy atom. The van der Waals surface area contributed by atoms with Gasteiger partial charge in [-0.15, -0.1) is 5.92 Å². The van der Waals surface area contributed by atoms with Crippen LogP contribution in [0.1, 0.15) is 25.3 Å². The Bertz CT molecular complexity index is 1220. The number of hydrogen-bond donors (Lipinski definition) is 4. The Balaban J connectivity index is 1.88. The third-order valence-electron chi connectivity index (χ3n) is 4.85. The van der Waals surface area contributed by atoms with Crippen molar-refractivity contribution in [3.8, 4) is 17.6 Å². The van der Waals surface area contributed by atoms with E-state index in [-0.39, 0.29) is 48.9 Å². The van der Waals surface area contributed by atoms with Crippen LogP contribution >= 0.6 is 0 Å². The normalized spacial score (nSPS) is 11.5. The molecule has 0 fully saturated rings. The number of benzene rings is 2. The van der Waals surface area contributed by atoms with E-state index >= 15 is 0 Å². The van der Waals surface area contributed by atoms with Gasteiger partial charge in [0.15, 0.2) is 0 Å². The molecule has 1 atom stereocenters. The van der Waals surface area contributed by atoms with Gasteiger partial charge in [-0.05, 0) is 49.6 Å². The van der Waals surface area contributed by atoms with Crippen LogP contribution in [0.15, 0.2) is 53.4 Å². The SMILES string of the molecule is CC#CCOc1ccc(S(=O)(=O)N[C@H](CCCNC(=O)Cc2ccc([N+](=O)[O-])cc2)C(=O)NO)cc1. The molecule has 36 heavy (non-hydrogen) atoms. The third kappa shape index (κ3) is 8.99. The molecule has 0 unspecified atom stereocenters. The quantitative estimate of drug-likeness (QED) is 0.101. The number of rotatable bonds is 13. The molecule has 0 bridgehead atoms. The van der Waals surface area contributed by atoms with Gasteiger partial charge in [0.25, 0.3) is 11.6 Å². The maximum absolute atomic E-state index is 12.7. The standard InChI is InChI=1S/C23H26N4O8S/c1-2-3-15-35-19-10-12-20(13-11-19)36(33,34)26-21(23(29)25-30)5-4-14-24-22(28)16-17-6-8-18(9-7-17)27(31)32/h6-13,21,26,30H,4-5,14-16H2,1H3,(H,24,28)(H,25,29)/t21-/m1/s1. The lowest BCUT2D eigenvalue weighted by atomic mass is 10.1. The van der Waals surface area contributed by atoms with Crippen LogP contribution < -0.4 is 20.3 Å². The predicted octanol–water partition coefficient (Wildman–Crippen LogP) is 1.29. The fourth-order valence-corrected chi connectivity index (χ4v) is 4.23. The highest BCUT2D eigenvalue weighted by molar-refractivity contribution is 7.89. The van der Waals surface area contributed by atoms with Gasteiger partial charge in [0.1, 0.15) is 18.4 Å². The fraction of sp³-hybridized carbons (Fsp3) is 0.304. The van der Waals surface area contributed by atoms with Gasteiger partial charge in [-0.25, -0.2) is 13.9 Å². The van der Waals surface area contributed by atoms with Crippen molar-refractivity contribution in [2.75, 3.05) is 13.2 Å². The Hall–Kier alpha value is -3.99. The summed E-state index contributed by atoms with van der Waals surface area (Å²) in [6.45, 7) is 1.96. The summed E-state index contributed by atoms with van der Waals surface area (Å²) in [4.78, 5) is 34.2. The molecule has 0 heterocycles. The van der Waals surface area contributed by atoms with Crippen LogP contribution in [0.2, 0.25) is 0 Å². The minimum absolute atomic E-state index is 0.00406. The number of nitro groups is 1. The van der Waals surface area contributed by atoms with Gasteiger partial charge in [0.2, 0.25) is 15.9 Å². The van der Waals surface area contributed by atoms with E-state index < -0.39 is 26.9 Å². The lowest BCUT2D eigenvalue weighted by Gasteiger charge is -2.17. The van der Waals surface area contributed by atoms with Crippen molar-refractivity contribution in [3.63, 3.8) is 0 Å². The van der Waals surface area contributed by atoms with Crippen molar-refractivity contribution in [2.24, 2.45) is 0 Å². The van der Waals surface area contributed by atoms with E-state index in [0.29, 0.717) is 11.3 Å². The minimum Gasteiger partial charge on any atom is -0.481 e. The van der Waals surface area contributed by atoms with Gasteiger partial charge in [0, 0.05) is 18.7 Å². The molecular formula is C23H26N4O8S. The summed E-state index contributed by atoms with van der Waals surface area (Å²) < 4.78 is 33.0. The largest absolute Gasteiger partial charge is 0.481 e. The van der Waals surface area contributed by atoms with Crippen molar-refractivity contribution < 1.29 is 32.9 Å². The first-order valence-corrected chi connectivity index (χ1v) is 12.2. The van der Waals surface area contributed by atoms with Crippen LogP contribution in [-0.4, -0.2) is 49.6 Å². The Morgan fingerprint density at radius 2 is 1.81 bits per heavy atom. The molecule has 4 N–H and O–H groups in total. The zero-order valence-corrected chi connectivity index (χ0v) is 20.2. The molecule has 2 amide bonds. The van der Waals surface area contributed by atoms with Gasteiger partial charge < -0.3 is 10.1 Å². The van der Waals surface area contributed by atoms with E-state index in [1.54, 1.807) is 6.92 Å². The first kappa shape index (κ1) is 28.2. The number of non-ortho nitro benzene ring substituents is 1. The van der Waals surface area contributed by atoms with Crippen LogP contribution in [0, 0.1) is 22.0 Å². The smallest absolute Gasteiger partial charge is 0.269 e. The first-order valence-electron chi connectivity index (χ1n) is 10.7. The molecule has 192 valence electrons. The van der Waals surface area contributed by atoms with E-state index in [0.717, 1.165) is 0 Å². The number of sulfonamides is 1. The predicted molar refractivity (Wildman–Crippen MR) is 128 cm³/mol. The van der Waals surface area contributed by atoms with Crippen molar-refractivity contribution in [2.45, 2.75) is 37.1 Å². The highest BCUT2D eigenvalue weighted by atomic mass is 32.2. The van der Waals surface area contributed by atoms with Crippen molar-refractivity contribution in [1.29, 1.82) is 0 Å². The topological polar surface area (TPSA) is 177 Å². The molecule has 0 aliphatic carbocycles. The Morgan fingerprint density at radius 1 is 1.14 bits per heavy atom. The molecule has 13 heteroatoms. The summed E-state index contributed by atoms with van der Waals surface area (Å²) in [7, 11) is -4.10. The molecular weight excluding hydrogens is 492 g/mol. The number of carbonyl (C=O) groups excluding carboxylic acids is 2. The van der Waals surface area contributed by atoms with Gasteiger partial charge in [-0.1, -0.05) is 18.1 Å². The molecule has 2 aromatic rings. The molecule has 0 aliphatic heterocycles. The number of hydroxylamine groups is 1. The van der Waals surface area contributed by atoms with Gasteiger partial charge >= 0.3 is 0 Å². The second-order valence-electron chi connectivity index (χ2n) is 7.43. The lowest BCUT2D eigenvalue weighted by Crippen LogP contribution is -2.46. The van der Waals surface area contributed by atoms with Gasteiger partial charge in [-0.2, -0.15) is 4.72 Å². The van der Waals surface area contributed by atoms with Crippen molar-refractivity contribution >= 4 is 27.5 Å². The van der Waals surface area contributed by atoms with Crippen LogP contribution in [0.25, 0.3) is 0 Å². The first-order chi connectivity index (χ1) is 17.2. The molecule has 0 radical (unpaired) electrons. The number of amides is 2. The maximum Gasteiger partial charge on any atom is 0.269 e. The summed E-state index contributed by atoms with van der Waals surface area (Å²) in [5.74, 6) is 4.51. The zero-order valence-electron chi connectivity index (χ0n) is 19.4. The monoisotopic (exact) mass is 518 g/mol. The number of carbonyl (C=O) groups is 2. The summed E-state index contributed by atoms with van der Waals surface area (Å²) >= 11 is 0. The molecule has 0 saturated heterocycles. The Kier molecular flexibility index (Phi) is 10.8. The number of nitrogens with zero attached hydrogens (tertiary/aromatic N) is 1. The average molecular weight is 519 g/mol. The summed E-state index contributed by atoms with van der Waals surface area (Å²) in [5.41, 5.74) is 1.94. The van der Waals surface area contributed by atoms with E-state index in [1.807, 2.05) is 0 Å². The number of nitrogens with one attached hydrogen (secondary N) is 3. The summed E-state index contributed by atoms with van der Waals surface area (Å²) in [6, 6.07) is 9.79. The van der Waals surface area contributed by atoms with Crippen LogP contribution in [-0.2, 0) is 26.0 Å². The Labute approximate surface area is 208 Å². The van der Waals surface area contributed by atoms with E-state index in [1.165, 1.54) is 54.0 Å². The van der Waals surface area contributed by atoms with Crippen LogP contribution in [0.3, 0.4) is 0 Å². The lowest BCUT2D eigenvalue weighted by molar-refractivity contribution is -0.384. The second kappa shape index (κ2) is 13.8. The molecule has 0 aromatic heterocycles. The molecule has 0 aliphatic rings. The number of nitro benzene ring substituents is 1. The maximum atomic E-state index is 12.7.